The molecule has 118 valence electrons. The number of carbonyl (C=O) groups is 1. The highest BCUT2D eigenvalue weighted by Crippen LogP contribution is 2.39. The molecular formula is C16H11Cl2NO3S. The molecule has 0 radical (unpaired) electrons. The predicted octanol–water partition coefficient (Wildman–Crippen LogP) is 5.37. The summed E-state index contributed by atoms with van der Waals surface area (Å²) in [6, 6.07) is 10.9. The topological polar surface area (TPSA) is 63.3 Å². The molecule has 0 amide bonds. The third kappa shape index (κ3) is 3.17. The summed E-state index contributed by atoms with van der Waals surface area (Å²) in [6.45, 7) is 1.60. The van der Waals surface area contributed by atoms with Crippen molar-refractivity contribution >= 4 is 51.9 Å². The van der Waals surface area contributed by atoms with E-state index in [1.165, 1.54) is 0 Å². The minimum atomic E-state index is -0.898. The normalized spacial score (nSPS) is 12.5. The predicted molar refractivity (Wildman–Crippen MR) is 92.4 cm³/mol. The van der Waals surface area contributed by atoms with Gasteiger partial charge in [-0.05, 0) is 31.2 Å². The number of nitrogens with zero attached hydrogens (tertiary/aromatic N) is 1. The maximum absolute atomic E-state index is 11.0. The van der Waals surface area contributed by atoms with Crippen LogP contribution in [0.4, 0.5) is 0 Å². The van der Waals surface area contributed by atoms with E-state index in [0.29, 0.717) is 26.2 Å². The molecule has 1 unspecified atom stereocenters. The van der Waals surface area contributed by atoms with Crippen molar-refractivity contribution in [3.8, 4) is 11.3 Å². The Morgan fingerprint density at radius 2 is 1.91 bits per heavy atom. The summed E-state index contributed by atoms with van der Waals surface area (Å²) in [5.74, 6) is -0.898. The highest BCUT2D eigenvalue weighted by atomic mass is 35.5. The lowest BCUT2D eigenvalue weighted by Gasteiger charge is -2.07. The Morgan fingerprint density at radius 1 is 1.22 bits per heavy atom. The van der Waals surface area contributed by atoms with Crippen molar-refractivity contribution in [3.05, 3.63) is 46.4 Å². The van der Waals surface area contributed by atoms with E-state index in [9.17, 15) is 4.79 Å². The van der Waals surface area contributed by atoms with Crippen molar-refractivity contribution in [2.24, 2.45) is 0 Å². The van der Waals surface area contributed by atoms with Crippen LogP contribution in [0.3, 0.4) is 0 Å². The average Bonchev–Trinajstić information content (AvgIpc) is 2.95. The van der Waals surface area contributed by atoms with E-state index in [2.05, 4.69) is 5.16 Å². The van der Waals surface area contributed by atoms with Crippen LogP contribution in [-0.4, -0.2) is 21.5 Å². The molecular weight excluding hydrogens is 357 g/mol. The molecule has 4 nitrogen and oxygen atoms in total. The van der Waals surface area contributed by atoms with Crippen LogP contribution < -0.4 is 0 Å². The SMILES string of the molecule is CC(Sc1ccc2c(-c3ccc(Cl)cc3)noc2c1Cl)C(=O)O. The fourth-order valence-electron chi connectivity index (χ4n) is 2.10. The zero-order valence-electron chi connectivity index (χ0n) is 11.9. The van der Waals surface area contributed by atoms with Gasteiger partial charge in [0, 0.05) is 15.5 Å². The summed E-state index contributed by atoms with van der Waals surface area (Å²) >= 11 is 13.4. The molecule has 0 bridgehead atoms. The average molecular weight is 368 g/mol. The fraction of sp³-hybridized carbons (Fsp3) is 0.125. The van der Waals surface area contributed by atoms with Gasteiger partial charge < -0.3 is 9.63 Å². The standard InChI is InChI=1S/C16H11Cl2NO3S/c1-8(16(20)21)23-12-7-6-11-14(19-22-15(11)13(12)18)9-2-4-10(17)5-3-9/h2-8H,1H3,(H,20,21). The molecule has 0 aliphatic rings. The molecule has 0 aliphatic heterocycles. The van der Waals surface area contributed by atoms with Crippen LogP contribution in [0.25, 0.3) is 22.2 Å². The summed E-state index contributed by atoms with van der Waals surface area (Å²) in [4.78, 5) is 11.6. The molecule has 1 aromatic heterocycles. The van der Waals surface area contributed by atoms with Crippen LogP contribution >= 0.6 is 35.0 Å². The van der Waals surface area contributed by atoms with Gasteiger partial charge in [-0.25, -0.2) is 0 Å². The number of rotatable bonds is 4. The Morgan fingerprint density at radius 3 is 2.57 bits per heavy atom. The molecule has 1 N–H and O–H groups in total. The number of hydrogen-bond donors (Lipinski definition) is 1. The first-order chi connectivity index (χ1) is 11.0. The van der Waals surface area contributed by atoms with Crippen molar-refractivity contribution in [1.82, 2.24) is 5.16 Å². The van der Waals surface area contributed by atoms with Crippen LogP contribution in [0.1, 0.15) is 6.92 Å². The van der Waals surface area contributed by atoms with Gasteiger partial charge in [-0.3, -0.25) is 4.79 Å². The monoisotopic (exact) mass is 367 g/mol. The zero-order chi connectivity index (χ0) is 16.6. The van der Waals surface area contributed by atoms with Gasteiger partial charge in [0.25, 0.3) is 0 Å². The first-order valence-electron chi connectivity index (χ1n) is 6.70. The van der Waals surface area contributed by atoms with Gasteiger partial charge in [-0.15, -0.1) is 11.8 Å². The van der Waals surface area contributed by atoms with Gasteiger partial charge in [0.1, 0.15) is 16.0 Å². The lowest BCUT2D eigenvalue weighted by Crippen LogP contribution is -2.11. The van der Waals surface area contributed by atoms with Gasteiger partial charge in [0.2, 0.25) is 0 Å². The van der Waals surface area contributed by atoms with E-state index in [1.54, 1.807) is 25.1 Å². The Kier molecular flexibility index (Phi) is 4.53. The third-order valence-electron chi connectivity index (χ3n) is 3.31. The highest BCUT2D eigenvalue weighted by Gasteiger charge is 2.19. The van der Waals surface area contributed by atoms with Crippen molar-refractivity contribution in [1.29, 1.82) is 0 Å². The summed E-state index contributed by atoms with van der Waals surface area (Å²) in [5.41, 5.74) is 1.98. The number of hydrogen-bond acceptors (Lipinski definition) is 4. The van der Waals surface area contributed by atoms with Crippen molar-refractivity contribution in [2.45, 2.75) is 17.1 Å². The van der Waals surface area contributed by atoms with Gasteiger partial charge in [0.05, 0.1) is 5.39 Å². The molecule has 23 heavy (non-hydrogen) atoms. The highest BCUT2D eigenvalue weighted by molar-refractivity contribution is 8.00. The molecule has 7 heteroatoms. The number of aliphatic carboxylic acids is 1. The van der Waals surface area contributed by atoms with E-state index < -0.39 is 11.2 Å². The van der Waals surface area contributed by atoms with Crippen LogP contribution in [0.2, 0.25) is 10.0 Å². The summed E-state index contributed by atoms with van der Waals surface area (Å²) in [6.07, 6.45) is 0. The molecule has 0 saturated carbocycles. The quantitative estimate of drug-likeness (QED) is 0.628. The second-order valence-electron chi connectivity index (χ2n) is 4.89. The molecule has 1 heterocycles. The minimum Gasteiger partial charge on any atom is -0.480 e. The third-order valence-corrected chi connectivity index (χ3v) is 5.20. The number of aromatic nitrogens is 1. The van der Waals surface area contributed by atoms with Gasteiger partial charge >= 0.3 is 5.97 Å². The smallest absolute Gasteiger partial charge is 0.316 e. The van der Waals surface area contributed by atoms with E-state index in [1.807, 2.05) is 18.2 Å². The molecule has 3 rings (SSSR count). The van der Waals surface area contributed by atoms with E-state index in [0.717, 1.165) is 22.7 Å². The lowest BCUT2D eigenvalue weighted by molar-refractivity contribution is -0.136. The van der Waals surface area contributed by atoms with Crippen molar-refractivity contribution < 1.29 is 14.4 Å². The molecule has 0 aliphatic carbocycles. The van der Waals surface area contributed by atoms with E-state index >= 15 is 0 Å². The van der Waals surface area contributed by atoms with Gasteiger partial charge in [-0.2, -0.15) is 0 Å². The zero-order valence-corrected chi connectivity index (χ0v) is 14.2. The maximum Gasteiger partial charge on any atom is 0.316 e. The largest absolute Gasteiger partial charge is 0.480 e. The number of carboxylic acid groups (broad SMARTS) is 1. The molecule has 0 spiro atoms. The first-order valence-corrected chi connectivity index (χ1v) is 8.34. The number of thioether (sulfide) groups is 1. The number of benzene rings is 2. The maximum atomic E-state index is 11.0. The summed E-state index contributed by atoms with van der Waals surface area (Å²) < 4.78 is 5.37. The molecule has 2 aromatic carbocycles. The Balaban J connectivity index is 2.04. The van der Waals surface area contributed by atoms with Crippen LogP contribution in [0.15, 0.2) is 45.8 Å². The van der Waals surface area contributed by atoms with E-state index in [-0.39, 0.29) is 0 Å². The number of carboxylic acids is 1. The van der Waals surface area contributed by atoms with Crippen LogP contribution in [0.5, 0.6) is 0 Å². The second kappa shape index (κ2) is 6.43. The molecule has 0 fully saturated rings. The Labute approximate surface area is 146 Å². The first kappa shape index (κ1) is 16.2. The van der Waals surface area contributed by atoms with Crippen LogP contribution in [0, 0.1) is 0 Å². The summed E-state index contributed by atoms with van der Waals surface area (Å²) in [7, 11) is 0. The van der Waals surface area contributed by atoms with Crippen molar-refractivity contribution in [2.75, 3.05) is 0 Å². The fourth-order valence-corrected chi connectivity index (χ4v) is 3.39. The van der Waals surface area contributed by atoms with E-state index in [4.69, 9.17) is 32.8 Å². The lowest BCUT2D eigenvalue weighted by atomic mass is 10.1. The van der Waals surface area contributed by atoms with Crippen LogP contribution in [-0.2, 0) is 4.79 Å². The number of halogens is 2. The van der Waals surface area contributed by atoms with Gasteiger partial charge in [0.15, 0.2) is 5.58 Å². The Hall–Kier alpha value is -1.69. The number of fused-ring (bicyclic) bond motifs is 1. The Bertz CT molecular complexity index is 877. The van der Waals surface area contributed by atoms with Gasteiger partial charge in [-0.1, -0.05) is 40.5 Å². The van der Waals surface area contributed by atoms with Crippen molar-refractivity contribution in [3.63, 3.8) is 0 Å². The minimum absolute atomic E-state index is 0.369. The second-order valence-corrected chi connectivity index (χ2v) is 7.09. The summed E-state index contributed by atoms with van der Waals surface area (Å²) in [5, 5.41) is 14.3. The molecule has 3 aromatic rings. The molecule has 1 atom stereocenters. The molecule has 0 saturated heterocycles.